The summed E-state index contributed by atoms with van der Waals surface area (Å²) in [6.07, 6.45) is 8.24. The second-order valence-electron chi connectivity index (χ2n) is 4.40. The van der Waals surface area contributed by atoms with Crippen LogP contribution in [0.2, 0.25) is 0 Å². The van der Waals surface area contributed by atoms with E-state index in [9.17, 15) is 9.59 Å². The van der Waals surface area contributed by atoms with E-state index in [4.69, 9.17) is 5.21 Å². The molecular formula is C12H20N2O3. The molecule has 0 aromatic carbocycles. The van der Waals surface area contributed by atoms with Gasteiger partial charge in [-0.25, -0.2) is 0 Å². The number of Topliss-reactive ketones (excluding diaryl/α,β-unsaturated/α-hetero) is 1. The number of rotatable bonds is 0. The monoisotopic (exact) mass is 240 g/mol. The summed E-state index contributed by atoms with van der Waals surface area (Å²) in [5.41, 5.74) is 0. The fourth-order valence-electron chi connectivity index (χ4n) is 1.89. The van der Waals surface area contributed by atoms with Gasteiger partial charge in [-0.15, -0.1) is 0 Å². The molecule has 0 aromatic rings. The third kappa shape index (κ3) is 6.04. The van der Waals surface area contributed by atoms with Crippen LogP contribution in [-0.2, 0) is 9.59 Å². The minimum Gasteiger partial charge on any atom is -0.409 e. The van der Waals surface area contributed by atoms with Crippen LogP contribution in [0, 0.1) is 0 Å². The van der Waals surface area contributed by atoms with Crippen molar-refractivity contribution in [2.45, 2.75) is 57.8 Å². The zero-order chi connectivity index (χ0) is 12.5. The summed E-state index contributed by atoms with van der Waals surface area (Å²) in [7, 11) is 0. The Bertz CT molecular complexity index is 292. The average Bonchev–Trinajstić information content (AvgIpc) is 2.55. The molecule has 0 aromatic heterocycles. The number of amidine groups is 1. The lowest BCUT2D eigenvalue weighted by molar-refractivity contribution is -0.120. The van der Waals surface area contributed by atoms with Crippen LogP contribution in [0.25, 0.3) is 0 Å². The Labute approximate surface area is 101 Å². The number of hydrogen-bond acceptors (Lipinski definition) is 4. The second-order valence-corrected chi connectivity index (χ2v) is 4.40. The van der Waals surface area contributed by atoms with Crippen LogP contribution in [0.5, 0.6) is 0 Å². The fourth-order valence-corrected chi connectivity index (χ4v) is 1.89. The number of ketones is 1. The summed E-state index contributed by atoms with van der Waals surface area (Å²) < 4.78 is 0. The predicted octanol–water partition coefficient (Wildman–Crippen LogP) is 1.98. The Balaban J connectivity index is 0.000000181. The molecule has 2 rings (SSSR count). The van der Waals surface area contributed by atoms with E-state index in [1.165, 1.54) is 6.42 Å². The number of carbonyl (C=O) groups excluding carboxylic acids is 2. The number of nitrogens with zero attached hydrogens (tertiary/aromatic N) is 1. The van der Waals surface area contributed by atoms with Crippen LogP contribution in [0.3, 0.4) is 0 Å². The SMILES string of the molecule is O=C1CCCCC(=NO)N1.O=C1CCCCC1. The van der Waals surface area contributed by atoms with Gasteiger partial charge in [0, 0.05) is 25.7 Å². The van der Waals surface area contributed by atoms with E-state index in [-0.39, 0.29) is 5.91 Å². The smallest absolute Gasteiger partial charge is 0.225 e. The van der Waals surface area contributed by atoms with Crippen LogP contribution in [0.4, 0.5) is 0 Å². The largest absolute Gasteiger partial charge is 0.409 e. The predicted molar refractivity (Wildman–Crippen MR) is 63.9 cm³/mol. The number of oxime groups is 1. The molecule has 1 amide bonds. The van der Waals surface area contributed by atoms with E-state index < -0.39 is 0 Å². The molecule has 2 aliphatic rings. The zero-order valence-electron chi connectivity index (χ0n) is 10.1. The van der Waals surface area contributed by atoms with E-state index in [2.05, 4.69) is 10.5 Å². The van der Waals surface area contributed by atoms with Crippen molar-refractivity contribution in [3.05, 3.63) is 0 Å². The Morgan fingerprint density at radius 1 is 0.882 bits per heavy atom. The number of amides is 1. The normalized spacial score (nSPS) is 23.4. The van der Waals surface area contributed by atoms with Gasteiger partial charge < -0.3 is 10.5 Å². The van der Waals surface area contributed by atoms with Gasteiger partial charge in [-0.3, -0.25) is 9.59 Å². The number of carbonyl (C=O) groups is 2. The maximum Gasteiger partial charge on any atom is 0.225 e. The van der Waals surface area contributed by atoms with E-state index in [1.54, 1.807) is 0 Å². The van der Waals surface area contributed by atoms with Crippen molar-refractivity contribution in [1.82, 2.24) is 5.32 Å². The molecule has 2 N–H and O–H groups in total. The summed E-state index contributed by atoms with van der Waals surface area (Å²) >= 11 is 0. The molecule has 5 heteroatoms. The molecule has 1 saturated carbocycles. The van der Waals surface area contributed by atoms with Crippen molar-refractivity contribution in [2.75, 3.05) is 0 Å². The van der Waals surface area contributed by atoms with Crippen molar-refractivity contribution >= 4 is 17.5 Å². The first-order valence-corrected chi connectivity index (χ1v) is 6.25. The molecule has 0 unspecified atom stereocenters. The standard InChI is InChI=1S/C6H10N2O2.C6H10O/c9-6-4-2-1-3-5(7-6)8-10;7-6-4-2-1-3-5-6/h10H,1-4H2,(H,7,8,9);1-5H2. The van der Waals surface area contributed by atoms with Gasteiger partial charge in [0.05, 0.1) is 0 Å². The molecule has 0 bridgehead atoms. The van der Waals surface area contributed by atoms with Gasteiger partial charge in [0.25, 0.3) is 0 Å². The maximum atomic E-state index is 10.7. The molecule has 1 heterocycles. The third-order valence-corrected chi connectivity index (χ3v) is 2.88. The molecule has 17 heavy (non-hydrogen) atoms. The summed E-state index contributed by atoms with van der Waals surface area (Å²) in [4.78, 5) is 21.2. The highest BCUT2D eigenvalue weighted by Crippen LogP contribution is 2.12. The first kappa shape index (κ1) is 13.7. The van der Waals surface area contributed by atoms with E-state index in [1.807, 2.05) is 0 Å². The molecule has 96 valence electrons. The molecule has 1 saturated heterocycles. The molecule has 2 fully saturated rings. The van der Waals surface area contributed by atoms with E-state index in [0.717, 1.165) is 38.5 Å². The van der Waals surface area contributed by atoms with Gasteiger partial charge in [-0.2, -0.15) is 0 Å². The van der Waals surface area contributed by atoms with E-state index in [0.29, 0.717) is 24.5 Å². The number of nitrogens with one attached hydrogen (secondary N) is 1. The molecule has 0 radical (unpaired) electrons. The first-order valence-electron chi connectivity index (χ1n) is 6.25. The highest BCUT2D eigenvalue weighted by atomic mass is 16.4. The zero-order valence-corrected chi connectivity index (χ0v) is 10.1. The lowest BCUT2D eigenvalue weighted by Gasteiger charge is -2.05. The molecular weight excluding hydrogens is 220 g/mol. The Hall–Kier alpha value is -1.39. The highest BCUT2D eigenvalue weighted by molar-refractivity contribution is 5.98. The van der Waals surface area contributed by atoms with Gasteiger partial charge >= 0.3 is 0 Å². The van der Waals surface area contributed by atoms with Crippen molar-refractivity contribution in [3.8, 4) is 0 Å². The van der Waals surface area contributed by atoms with Crippen LogP contribution < -0.4 is 5.32 Å². The van der Waals surface area contributed by atoms with Crippen molar-refractivity contribution < 1.29 is 14.8 Å². The van der Waals surface area contributed by atoms with Gasteiger partial charge in [0.1, 0.15) is 11.6 Å². The Kier molecular flexibility index (Phi) is 6.29. The van der Waals surface area contributed by atoms with Crippen molar-refractivity contribution in [2.24, 2.45) is 5.16 Å². The summed E-state index contributed by atoms with van der Waals surface area (Å²) in [6, 6.07) is 0. The highest BCUT2D eigenvalue weighted by Gasteiger charge is 2.10. The molecule has 1 aliphatic carbocycles. The van der Waals surface area contributed by atoms with Gasteiger partial charge in [-0.1, -0.05) is 11.6 Å². The van der Waals surface area contributed by atoms with Crippen LogP contribution in [-0.4, -0.2) is 22.7 Å². The minimum atomic E-state index is -0.0506. The van der Waals surface area contributed by atoms with Gasteiger partial charge in [0.15, 0.2) is 0 Å². The first-order chi connectivity index (χ1) is 8.22. The molecule has 0 spiro atoms. The quantitative estimate of drug-likeness (QED) is 0.502. The molecule has 0 atom stereocenters. The number of hydrogen-bond donors (Lipinski definition) is 2. The molecule has 1 aliphatic heterocycles. The van der Waals surface area contributed by atoms with Crippen molar-refractivity contribution in [1.29, 1.82) is 0 Å². The average molecular weight is 240 g/mol. The van der Waals surface area contributed by atoms with Crippen LogP contribution >= 0.6 is 0 Å². The van der Waals surface area contributed by atoms with Crippen molar-refractivity contribution in [3.63, 3.8) is 0 Å². The maximum absolute atomic E-state index is 10.7. The minimum absolute atomic E-state index is 0.0506. The summed E-state index contributed by atoms with van der Waals surface area (Å²) in [5, 5.41) is 13.7. The van der Waals surface area contributed by atoms with Gasteiger partial charge in [-0.05, 0) is 25.7 Å². The van der Waals surface area contributed by atoms with E-state index >= 15 is 0 Å². The Morgan fingerprint density at radius 2 is 1.47 bits per heavy atom. The van der Waals surface area contributed by atoms with Crippen LogP contribution in [0.1, 0.15) is 57.8 Å². The second kappa shape index (κ2) is 7.81. The lowest BCUT2D eigenvalue weighted by Crippen LogP contribution is -2.27. The molecule has 5 nitrogen and oxygen atoms in total. The summed E-state index contributed by atoms with van der Waals surface area (Å²) in [5.74, 6) is 0.805. The fraction of sp³-hybridized carbons (Fsp3) is 0.750. The summed E-state index contributed by atoms with van der Waals surface area (Å²) in [6.45, 7) is 0. The van der Waals surface area contributed by atoms with Crippen LogP contribution in [0.15, 0.2) is 5.16 Å². The Morgan fingerprint density at radius 3 is 2.00 bits per heavy atom. The third-order valence-electron chi connectivity index (χ3n) is 2.88. The van der Waals surface area contributed by atoms with Gasteiger partial charge in [0.2, 0.25) is 5.91 Å². The topological polar surface area (TPSA) is 78.8 Å². The lowest BCUT2D eigenvalue weighted by atomic mass is 10.00.